The molecule has 2 aromatic heterocycles. The maximum atomic E-state index is 11.8. The Morgan fingerprint density at radius 2 is 2.25 bits per heavy atom. The molecule has 4 nitrogen and oxygen atoms in total. The van der Waals surface area contributed by atoms with Crippen molar-refractivity contribution in [3.05, 3.63) is 47.6 Å². The van der Waals surface area contributed by atoms with Gasteiger partial charge < -0.3 is 5.21 Å². The first kappa shape index (κ1) is 10.7. The second-order valence-corrected chi connectivity index (χ2v) is 4.27. The summed E-state index contributed by atoms with van der Waals surface area (Å²) in [5.74, 6) is 1.08. The Balaban J connectivity index is 2.30. The minimum atomic E-state index is 0.525. The smallest absolute Gasteiger partial charge is 0.309 e. The molecular weight excluding hydrogens is 202 g/mol. The van der Waals surface area contributed by atoms with Crippen molar-refractivity contribution >= 4 is 0 Å². The van der Waals surface area contributed by atoms with Crippen molar-refractivity contribution in [3.8, 4) is 5.82 Å². The fraction of sp³-hybridized carbons (Fsp3) is 0.333. The van der Waals surface area contributed by atoms with Crippen molar-refractivity contribution in [3.63, 3.8) is 0 Å². The Kier molecular flexibility index (Phi) is 2.90. The molecule has 0 N–H and O–H groups in total. The molecule has 84 valence electrons. The number of hydrogen-bond acceptors (Lipinski definition) is 2. The lowest BCUT2D eigenvalue weighted by Gasteiger charge is -2.10. The predicted molar refractivity (Wildman–Crippen MR) is 61.1 cm³/mol. The molecule has 2 aromatic rings. The molecule has 0 amide bonds. The molecule has 0 fully saturated rings. The van der Waals surface area contributed by atoms with Crippen molar-refractivity contribution in [1.29, 1.82) is 0 Å². The lowest BCUT2D eigenvalue weighted by atomic mass is 10.1. The van der Waals surface area contributed by atoms with Crippen LogP contribution in [0.25, 0.3) is 5.82 Å². The molecule has 0 aliphatic carbocycles. The third-order valence-electron chi connectivity index (χ3n) is 2.34. The summed E-state index contributed by atoms with van der Waals surface area (Å²) in [6, 6.07) is 5.57. The third kappa shape index (κ3) is 2.21. The van der Waals surface area contributed by atoms with E-state index in [0.29, 0.717) is 11.7 Å². The summed E-state index contributed by atoms with van der Waals surface area (Å²) in [6.07, 6.45) is 5.95. The van der Waals surface area contributed by atoms with Crippen molar-refractivity contribution in [2.75, 3.05) is 0 Å². The summed E-state index contributed by atoms with van der Waals surface area (Å²) in [5, 5.41) is 15.8. The van der Waals surface area contributed by atoms with Crippen LogP contribution in [0.4, 0.5) is 0 Å². The Labute approximate surface area is 94.7 Å². The highest BCUT2D eigenvalue weighted by molar-refractivity contribution is 5.19. The van der Waals surface area contributed by atoms with E-state index in [1.54, 1.807) is 35.4 Å². The molecule has 0 unspecified atom stereocenters. The third-order valence-corrected chi connectivity index (χ3v) is 2.34. The molecule has 2 rings (SSSR count). The van der Waals surface area contributed by atoms with Gasteiger partial charge in [-0.2, -0.15) is 0 Å². The predicted octanol–water partition coefficient (Wildman–Crippen LogP) is 1.70. The van der Waals surface area contributed by atoms with Gasteiger partial charge in [0.15, 0.2) is 0 Å². The number of aromatic nitrogens is 3. The molecular formula is C12H15N3O. The van der Waals surface area contributed by atoms with Crippen LogP contribution in [-0.4, -0.2) is 9.78 Å². The first-order chi connectivity index (χ1) is 7.66. The zero-order valence-electron chi connectivity index (χ0n) is 9.50. The van der Waals surface area contributed by atoms with Gasteiger partial charge in [-0.3, -0.25) is 0 Å². The average Bonchev–Trinajstić information content (AvgIpc) is 2.69. The molecule has 0 radical (unpaired) electrons. The molecule has 0 saturated carbocycles. The number of pyridine rings is 1. The lowest BCUT2D eigenvalue weighted by Crippen LogP contribution is -2.32. The van der Waals surface area contributed by atoms with Gasteiger partial charge in [0.2, 0.25) is 0 Å². The molecule has 0 atom stereocenters. The topological polar surface area (TPSA) is 44.8 Å². The second kappa shape index (κ2) is 4.35. The molecule has 4 heteroatoms. The number of hydrogen-bond donors (Lipinski definition) is 0. The lowest BCUT2D eigenvalue weighted by molar-refractivity contribution is -0.600. The maximum absolute atomic E-state index is 11.8. The molecule has 0 spiro atoms. The summed E-state index contributed by atoms with van der Waals surface area (Å²) < 4.78 is 2.43. The van der Waals surface area contributed by atoms with Crippen LogP contribution in [0.3, 0.4) is 0 Å². The summed E-state index contributed by atoms with van der Waals surface area (Å²) in [7, 11) is 0. The van der Waals surface area contributed by atoms with Crippen LogP contribution in [0.15, 0.2) is 36.8 Å². The highest BCUT2D eigenvalue weighted by Crippen LogP contribution is 2.08. The van der Waals surface area contributed by atoms with E-state index in [4.69, 9.17) is 0 Å². The van der Waals surface area contributed by atoms with Gasteiger partial charge in [0.25, 0.3) is 0 Å². The van der Waals surface area contributed by atoms with Crippen LogP contribution in [0.5, 0.6) is 0 Å². The first-order valence-electron chi connectivity index (χ1n) is 5.39. The van der Waals surface area contributed by atoms with E-state index in [2.05, 4.69) is 18.9 Å². The van der Waals surface area contributed by atoms with Crippen LogP contribution in [0.2, 0.25) is 0 Å². The molecule has 0 bridgehead atoms. The summed E-state index contributed by atoms with van der Waals surface area (Å²) in [6.45, 7) is 4.27. The molecule has 0 aromatic carbocycles. The Hall–Kier alpha value is -1.84. The number of rotatable bonds is 3. The van der Waals surface area contributed by atoms with Crippen molar-refractivity contribution in [1.82, 2.24) is 9.78 Å². The SMILES string of the molecule is CC(C)Cc1ccc(-n2cccn2)[n+]([O-])c1. The van der Waals surface area contributed by atoms with E-state index >= 15 is 0 Å². The standard InChI is InChI=1S/C12H15N3O/c1-10(2)8-11-4-5-12(15(16)9-11)14-7-3-6-13-14/h3-7,9-10H,8H2,1-2H3. The largest absolute Gasteiger partial charge is 0.711 e. The molecule has 0 aliphatic rings. The molecule has 2 heterocycles. The monoisotopic (exact) mass is 217 g/mol. The molecule has 0 aliphatic heterocycles. The Bertz CT molecular complexity index is 463. The van der Waals surface area contributed by atoms with Crippen LogP contribution in [-0.2, 0) is 6.42 Å². The zero-order chi connectivity index (χ0) is 11.5. The highest BCUT2D eigenvalue weighted by Gasteiger charge is 2.09. The van der Waals surface area contributed by atoms with Gasteiger partial charge in [-0.15, -0.1) is 4.68 Å². The Morgan fingerprint density at radius 1 is 1.44 bits per heavy atom. The van der Waals surface area contributed by atoms with E-state index in [9.17, 15) is 5.21 Å². The van der Waals surface area contributed by atoms with E-state index in [1.807, 2.05) is 6.07 Å². The van der Waals surface area contributed by atoms with E-state index < -0.39 is 0 Å². The van der Waals surface area contributed by atoms with E-state index in [1.165, 1.54) is 0 Å². The zero-order valence-corrected chi connectivity index (χ0v) is 9.50. The van der Waals surface area contributed by atoms with Crippen molar-refractivity contribution < 1.29 is 4.73 Å². The fourth-order valence-corrected chi connectivity index (χ4v) is 1.69. The van der Waals surface area contributed by atoms with Gasteiger partial charge in [-0.05, 0) is 24.0 Å². The van der Waals surface area contributed by atoms with Crippen LogP contribution in [0.1, 0.15) is 19.4 Å². The first-order valence-corrected chi connectivity index (χ1v) is 5.39. The summed E-state index contributed by atoms with van der Waals surface area (Å²) in [4.78, 5) is 0. The second-order valence-electron chi connectivity index (χ2n) is 4.27. The van der Waals surface area contributed by atoms with Gasteiger partial charge in [-0.1, -0.05) is 18.9 Å². The maximum Gasteiger partial charge on any atom is 0.309 e. The van der Waals surface area contributed by atoms with E-state index in [-0.39, 0.29) is 0 Å². The normalized spacial score (nSPS) is 10.9. The van der Waals surface area contributed by atoms with E-state index in [0.717, 1.165) is 16.7 Å². The van der Waals surface area contributed by atoms with Gasteiger partial charge in [0.05, 0.1) is 12.4 Å². The van der Waals surface area contributed by atoms with Crippen molar-refractivity contribution in [2.45, 2.75) is 20.3 Å². The fourth-order valence-electron chi connectivity index (χ4n) is 1.69. The van der Waals surface area contributed by atoms with Crippen LogP contribution in [0, 0.1) is 11.1 Å². The summed E-state index contributed by atoms with van der Waals surface area (Å²) >= 11 is 0. The van der Waals surface area contributed by atoms with Gasteiger partial charge in [-0.25, -0.2) is 4.73 Å². The minimum absolute atomic E-state index is 0.525. The minimum Gasteiger partial charge on any atom is -0.711 e. The summed E-state index contributed by atoms with van der Waals surface area (Å²) in [5.41, 5.74) is 1.06. The molecule has 0 saturated heterocycles. The number of nitrogens with zero attached hydrogens (tertiary/aromatic N) is 3. The highest BCUT2D eigenvalue weighted by atomic mass is 16.5. The van der Waals surface area contributed by atoms with Gasteiger partial charge >= 0.3 is 5.82 Å². The molecule has 16 heavy (non-hydrogen) atoms. The van der Waals surface area contributed by atoms with Crippen molar-refractivity contribution in [2.24, 2.45) is 5.92 Å². The van der Waals surface area contributed by atoms with Crippen LogP contribution < -0.4 is 4.73 Å². The van der Waals surface area contributed by atoms with Gasteiger partial charge in [0.1, 0.15) is 6.20 Å². The average molecular weight is 217 g/mol. The Morgan fingerprint density at radius 3 is 2.81 bits per heavy atom. The quantitative estimate of drug-likeness (QED) is 0.580. The van der Waals surface area contributed by atoms with Gasteiger partial charge in [0, 0.05) is 12.1 Å². The van der Waals surface area contributed by atoms with Crippen LogP contribution >= 0.6 is 0 Å².